The van der Waals surface area contributed by atoms with Crippen LogP contribution in [-0.4, -0.2) is 43.5 Å². The Hall–Kier alpha value is -2.09. The van der Waals surface area contributed by atoms with E-state index in [0.29, 0.717) is 16.7 Å². The van der Waals surface area contributed by atoms with E-state index in [9.17, 15) is 12.8 Å². The summed E-state index contributed by atoms with van der Waals surface area (Å²) in [6.45, 7) is 3.84. The van der Waals surface area contributed by atoms with Gasteiger partial charge >= 0.3 is 0 Å². The summed E-state index contributed by atoms with van der Waals surface area (Å²) in [7, 11) is -1.73. The van der Waals surface area contributed by atoms with E-state index in [2.05, 4.69) is 11.9 Å². The Kier molecular flexibility index (Phi) is 6.22. The van der Waals surface area contributed by atoms with E-state index in [-0.39, 0.29) is 23.4 Å². The molecule has 156 valence electrons. The van der Waals surface area contributed by atoms with Crippen molar-refractivity contribution in [1.29, 1.82) is 0 Å². The summed E-state index contributed by atoms with van der Waals surface area (Å²) in [6, 6.07) is 10.6. The number of halogens is 2. The van der Waals surface area contributed by atoms with Crippen molar-refractivity contribution in [2.45, 2.75) is 30.8 Å². The predicted molar refractivity (Wildman–Crippen MR) is 114 cm³/mol. The van der Waals surface area contributed by atoms with E-state index in [1.54, 1.807) is 24.3 Å². The Bertz CT molecular complexity index is 1120. The molecule has 1 saturated heterocycles. The maximum atomic E-state index is 13.4. The molecular weight excluding hydrogens is 415 g/mol. The van der Waals surface area contributed by atoms with Crippen LogP contribution in [0, 0.1) is 12.7 Å². The number of aryl methyl sites for hydroxylation is 1. The standard InChI is InChI=1S/C21H23FN2O3S.ClH/c1-15-3-5-19(14-21(15)27-18-8-10-23(2)11-9-18)28(25,26)24-12-7-16-13-17(22)4-6-20(16)24;/h3-7,12-14,18H,8-11H2,1-2H3;1H. The third-order valence-corrected chi connectivity index (χ3v) is 6.98. The van der Waals surface area contributed by atoms with E-state index >= 15 is 0 Å². The van der Waals surface area contributed by atoms with E-state index in [0.717, 1.165) is 31.5 Å². The lowest BCUT2D eigenvalue weighted by Gasteiger charge is -2.29. The molecule has 0 radical (unpaired) electrons. The summed E-state index contributed by atoms with van der Waals surface area (Å²) in [4.78, 5) is 2.41. The first-order valence-corrected chi connectivity index (χ1v) is 10.8. The fourth-order valence-electron chi connectivity index (χ4n) is 3.56. The van der Waals surface area contributed by atoms with Gasteiger partial charge in [0.1, 0.15) is 17.7 Å². The predicted octanol–water partition coefficient (Wildman–Crippen LogP) is 4.22. The Balaban J connectivity index is 0.00000240. The first-order valence-electron chi connectivity index (χ1n) is 9.32. The summed E-state index contributed by atoms with van der Waals surface area (Å²) in [5.74, 6) is 0.199. The molecule has 29 heavy (non-hydrogen) atoms. The van der Waals surface area contributed by atoms with Crippen molar-refractivity contribution in [3.63, 3.8) is 0 Å². The van der Waals surface area contributed by atoms with Crippen molar-refractivity contribution in [2.75, 3.05) is 20.1 Å². The molecule has 0 N–H and O–H groups in total. The van der Waals surface area contributed by atoms with Crippen molar-refractivity contribution < 1.29 is 17.5 Å². The van der Waals surface area contributed by atoms with Gasteiger partial charge in [0.2, 0.25) is 0 Å². The van der Waals surface area contributed by atoms with Crippen molar-refractivity contribution in [2.24, 2.45) is 0 Å². The molecular formula is C21H24ClFN2O3S. The molecule has 0 amide bonds. The van der Waals surface area contributed by atoms with Crippen LogP contribution in [0.15, 0.2) is 53.6 Å². The Morgan fingerprint density at radius 3 is 2.52 bits per heavy atom. The van der Waals surface area contributed by atoms with Gasteiger partial charge in [0, 0.05) is 30.7 Å². The van der Waals surface area contributed by atoms with Crippen molar-refractivity contribution >= 4 is 33.3 Å². The van der Waals surface area contributed by atoms with Crippen LogP contribution in [0.4, 0.5) is 4.39 Å². The van der Waals surface area contributed by atoms with Crippen LogP contribution in [0.3, 0.4) is 0 Å². The van der Waals surface area contributed by atoms with Gasteiger partial charge < -0.3 is 9.64 Å². The number of hydrogen-bond acceptors (Lipinski definition) is 4. The minimum Gasteiger partial charge on any atom is -0.490 e. The largest absolute Gasteiger partial charge is 0.490 e. The van der Waals surface area contributed by atoms with Crippen LogP contribution in [0.1, 0.15) is 18.4 Å². The summed E-state index contributed by atoms with van der Waals surface area (Å²) in [5, 5.41) is 0.540. The summed E-state index contributed by atoms with van der Waals surface area (Å²) in [6.07, 6.45) is 3.38. The molecule has 0 spiro atoms. The van der Waals surface area contributed by atoms with Gasteiger partial charge in [-0.05, 0) is 62.7 Å². The molecule has 2 aromatic carbocycles. The molecule has 1 fully saturated rings. The quantitative estimate of drug-likeness (QED) is 0.612. The van der Waals surface area contributed by atoms with Crippen LogP contribution >= 0.6 is 12.4 Å². The zero-order chi connectivity index (χ0) is 19.9. The molecule has 0 bridgehead atoms. The highest BCUT2D eigenvalue weighted by molar-refractivity contribution is 7.90. The molecule has 0 unspecified atom stereocenters. The Morgan fingerprint density at radius 2 is 1.79 bits per heavy atom. The number of piperidine rings is 1. The monoisotopic (exact) mass is 438 g/mol. The number of hydrogen-bond donors (Lipinski definition) is 0. The highest BCUT2D eigenvalue weighted by Gasteiger charge is 2.23. The maximum absolute atomic E-state index is 13.4. The number of benzene rings is 2. The lowest BCUT2D eigenvalue weighted by Crippen LogP contribution is -2.35. The molecule has 1 aliphatic rings. The number of likely N-dealkylation sites (tertiary alicyclic amines) is 1. The molecule has 2 heterocycles. The van der Waals surface area contributed by atoms with E-state index in [4.69, 9.17) is 4.74 Å². The summed E-state index contributed by atoms with van der Waals surface area (Å²) in [5.41, 5.74) is 1.34. The van der Waals surface area contributed by atoms with Crippen LogP contribution < -0.4 is 4.74 Å². The van der Waals surface area contributed by atoms with Gasteiger partial charge in [-0.15, -0.1) is 12.4 Å². The van der Waals surface area contributed by atoms with Crippen molar-refractivity contribution in [3.8, 4) is 5.75 Å². The second-order valence-corrected chi connectivity index (χ2v) is 9.18. The second kappa shape index (κ2) is 8.34. The van der Waals surface area contributed by atoms with Crippen LogP contribution in [-0.2, 0) is 10.0 Å². The van der Waals surface area contributed by atoms with Gasteiger partial charge in [0.15, 0.2) is 0 Å². The first-order chi connectivity index (χ1) is 13.3. The Morgan fingerprint density at radius 1 is 1.07 bits per heavy atom. The van der Waals surface area contributed by atoms with Crippen LogP contribution in [0.25, 0.3) is 10.9 Å². The normalized spacial score (nSPS) is 16.0. The third kappa shape index (κ3) is 4.27. The lowest BCUT2D eigenvalue weighted by molar-refractivity contribution is 0.113. The second-order valence-electron chi connectivity index (χ2n) is 7.37. The molecule has 0 atom stereocenters. The molecule has 1 aliphatic heterocycles. The van der Waals surface area contributed by atoms with E-state index in [1.165, 1.54) is 28.4 Å². The minimum absolute atomic E-state index is 0. The molecule has 1 aromatic heterocycles. The lowest BCUT2D eigenvalue weighted by atomic mass is 10.1. The molecule has 0 saturated carbocycles. The van der Waals surface area contributed by atoms with Crippen LogP contribution in [0.2, 0.25) is 0 Å². The average Bonchev–Trinajstić information content (AvgIpc) is 3.09. The van der Waals surface area contributed by atoms with Gasteiger partial charge in [-0.25, -0.2) is 16.8 Å². The topological polar surface area (TPSA) is 51.5 Å². The zero-order valence-corrected chi connectivity index (χ0v) is 18.0. The van der Waals surface area contributed by atoms with Gasteiger partial charge in [0.25, 0.3) is 10.0 Å². The molecule has 0 aliphatic carbocycles. The van der Waals surface area contributed by atoms with E-state index in [1.807, 2.05) is 6.92 Å². The molecule has 4 rings (SSSR count). The molecule has 8 heteroatoms. The number of aromatic nitrogens is 1. The number of rotatable bonds is 4. The maximum Gasteiger partial charge on any atom is 0.268 e. The SMILES string of the molecule is Cc1ccc(S(=O)(=O)n2ccc3cc(F)ccc32)cc1OC1CCN(C)CC1.Cl. The fraction of sp³-hybridized carbons (Fsp3) is 0.333. The smallest absolute Gasteiger partial charge is 0.268 e. The zero-order valence-electron chi connectivity index (χ0n) is 16.3. The number of ether oxygens (including phenoxy) is 1. The van der Waals surface area contributed by atoms with E-state index < -0.39 is 15.8 Å². The first kappa shape index (κ1) is 21.6. The average molecular weight is 439 g/mol. The molecule has 5 nitrogen and oxygen atoms in total. The van der Waals surface area contributed by atoms with Gasteiger partial charge in [0.05, 0.1) is 10.4 Å². The third-order valence-electron chi connectivity index (χ3n) is 5.29. The Labute approximate surface area is 176 Å². The number of fused-ring (bicyclic) bond motifs is 1. The summed E-state index contributed by atoms with van der Waals surface area (Å²) >= 11 is 0. The van der Waals surface area contributed by atoms with Gasteiger partial charge in [-0.1, -0.05) is 6.07 Å². The summed E-state index contributed by atoms with van der Waals surface area (Å²) < 4.78 is 47.2. The van der Waals surface area contributed by atoms with Gasteiger partial charge in [-0.3, -0.25) is 0 Å². The highest BCUT2D eigenvalue weighted by atomic mass is 35.5. The number of nitrogens with zero attached hydrogens (tertiary/aromatic N) is 2. The van der Waals surface area contributed by atoms with Crippen molar-refractivity contribution in [3.05, 3.63) is 60.0 Å². The van der Waals surface area contributed by atoms with Gasteiger partial charge in [-0.2, -0.15) is 0 Å². The highest BCUT2D eigenvalue weighted by Crippen LogP contribution is 2.29. The van der Waals surface area contributed by atoms with Crippen molar-refractivity contribution in [1.82, 2.24) is 8.87 Å². The fourth-order valence-corrected chi connectivity index (χ4v) is 4.93. The minimum atomic E-state index is -3.82. The molecule has 3 aromatic rings. The van der Waals surface area contributed by atoms with Crippen LogP contribution in [0.5, 0.6) is 5.75 Å².